The highest BCUT2D eigenvalue weighted by Gasteiger charge is 2.05. The summed E-state index contributed by atoms with van der Waals surface area (Å²) in [4.78, 5) is 4.02. The summed E-state index contributed by atoms with van der Waals surface area (Å²) in [7, 11) is 0. The lowest BCUT2D eigenvalue weighted by molar-refractivity contribution is 0.460. The smallest absolute Gasteiger partial charge is 0.162 e. The van der Waals surface area contributed by atoms with E-state index in [2.05, 4.69) is 17.2 Å². The Kier molecular flexibility index (Phi) is 4.28. The maximum atomic E-state index is 13.0. The lowest BCUT2D eigenvalue weighted by Gasteiger charge is -2.08. The molecule has 0 radical (unpaired) electrons. The standard InChI is InChI=1S/C14H14F2N2O/c1-2-5-18-10-6-12(9-17-8-10)19-11-3-4-13(15)14(16)7-11/h3-4,6-9,18H,2,5H2,1H3. The number of anilines is 1. The van der Waals surface area contributed by atoms with E-state index in [0.717, 1.165) is 30.8 Å². The van der Waals surface area contributed by atoms with E-state index in [4.69, 9.17) is 4.74 Å². The van der Waals surface area contributed by atoms with Gasteiger partial charge in [0.15, 0.2) is 11.6 Å². The number of rotatable bonds is 5. The Morgan fingerprint density at radius 2 is 1.95 bits per heavy atom. The minimum atomic E-state index is -0.939. The molecule has 2 rings (SSSR count). The Bertz CT molecular complexity index is 561. The fourth-order valence-electron chi connectivity index (χ4n) is 1.52. The summed E-state index contributed by atoms with van der Waals surface area (Å²) < 4.78 is 31.3. The van der Waals surface area contributed by atoms with Crippen LogP contribution >= 0.6 is 0 Å². The Labute approximate surface area is 110 Å². The minimum absolute atomic E-state index is 0.230. The van der Waals surface area contributed by atoms with E-state index in [1.54, 1.807) is 12.3 Å². The summed E-state index contributed by atoms with van der Waals surface area (Å²) in [5.41, 5.74) is 0.821. The minimum Gasteiger partial charge on any atom is -0.456 e. The van der Waals surface area contributed by atoms with E-state index in [1.807, 2.05) is 0 Å². The molecule has 3 nitrogen and oxygen atoms in total. The molecule has 0 aliphatic heterocycles. The lowest BCUT2D eigenvalue weighted by Crippen LogP contribution is -2.00. The Balaban J connectivity index is 2.11. The average Bonchev–Trinajstić information content (AvgIpc) is 2.41. The molecule has 5 heteroatoms. The molecule has 0 fully saturated rings. The molecule has 0 saturated heterocycles. The number of hydrogen-bond acceptors (Lipinski definition) is 3. The summed E-state index contributed by atoms with van der Waals surface area (Å²) in [6.07, 6.45) is 4.18. The number of halogens is 2. The summed E-state index contributed by atoms with van der Waals surface area (Å²) in [5.74, 6) is -1.14. The Morgan fingerprint density at radius 1 is 1.11 bits per heavy atom. The van der Waals surface area contributed by atoms with Gasteiger partial charge in [0, 0.05) is 18.7 Å². The zero-order chi connectivity index (χ0) is 13.7. The molecule has 19 heavy (non-hydrogen) atoms. The molecule has 1 heterocycles. The molecule has 0 aliphatic carbocycles. The van der Waals surface area contributed by atoms with Gasteiger partial charge in [0.25, 0.3) is 0 Å². The van der Waals surface area contributed by atoms with Crippen molar-refractivity contribution < 1.29 is 13.5 Å². The molecular weight excluding hydrogens is 250 g/mol. The largest absolute Gasteiger partial charge is 0.456 e. The highest BCUT2D eigenvalue weighted by molar-refractivity contribution is 5.46. The number of nitrogens with zero attached hydrogens (tertiary/aromatic N) is 1. The van der Waals surface area contributed by atoms with Crippen LogP contribution in [-0.2, 0) is 0 Å². The summed E-state index contributed by atoms with van der Waals surface area (Å²) >= 11 is 0. The molecule has 1 N–H and O–H groups in total. The highest BCUT2D eigenvalue weighted by atomic mass is 19.2. The molecule has 1 aromatic carbocycles. The molecule has 0 aliphatic rings. The van der Waals surface area contributed by atoms with Gasteiger partial charge in [0.1, 0.15) is 11.5 Å². The van der Waals surface area contributed by atoms with Crippen LogP contribution in [-0.4, -0.2) is 11.5 Å². The molecule has 2 aromatic rings. The zero-order valence-corrected chi connectivity index (χ0v) is 10.5. The maximum Gasteiger partial charge on any atom is 0.162 e. The van der Waals surface area contributed by atoms with Crippen LogP contribution in [0.2, 0.25) is 0 Å². The number of benzene rings is 1. The van der Waals surface area contributed by atoms with Crippen molar-refractivity contribution in [3.63, 3.8) is 0 Å². The molecular formula is C14H14F2N2O. The summed E-state index contributed by atoms with van der Waals surface area (Å²) in [5, 5.41) is 3.16. The van der Waals surface area contributed by atoms with Gasteiger partial charge < -0.3 is 10.1 Å². The third-order valence-corrected chi connectivity index (χ3v) is 2.42. The van der Waals surface area contributed by atoms with Crippen molar-refractivity contribution >= 4 is 5.69 Å². The van der Waals surface area contributed by atoms with Crippen LogP contribution in [0.25, 0.3) is 0 Å². The van der Waals surface area contributed by atoms with Gasteiger partial charge in [0.05, 0.1) is 18.1 Å². The molecule has 1 aromatic heterocycles. The van der Waals surface area contributed by atoms with Gasteiger partial charge in [-0.25, -0.2) is 8.78 Å². The van der Waals surface area contributed by atoms with Gasteiger partial charge >= 0.3 is 0 Å². The first kappa shape index (κ1) is 13.3. The van der Waals surface area contributed by atoms with Crippen LogP contribution in [0.1, 0.15) is 13.3 Å². The van der Waals surface area contributed by atoms with E-state index in [9.17, 15) is 8.78 Å². The van der Waals surface area contributed by atoms with E-state index < -0.39 is 11.6 Å². The van der Waals surface area contributed by atoms with Crippen molar-refractivity contribution in [2.24, 2.45) is 0 Å². The van der Waals surface area contributed by atoms with E-state index >= 15 is 0 Å². The van der Waals surface area contributed by atoms with Crippen LogP contribution in [0.5, 0.6) is 11.5 Å². The van der Waals surface area contributed by atoms with Crippen molar-refractivity contribution in [3.8, 4) is 11.5 Å². The molecule has 0 spiro atoms. The fraction of sp³-hybridized carbons (Fsp3) is 0.214. The molecule has 100 valence electrons. The first-order valence-corrected chi connectivity index (χ1v) is 6.01. The van der Waals surface area contributed by atoms with E-state index in [1.165, 1.54) is 12.3 Å². The second-order valence-electron chi connectivity index (χ2n) is 4.01. The van der Waals surface area contributed by atoms with Gasteiger partial charge in [-0.3, -0.25) is 4.98 Å². The molecule has 0 bridgehead atoms. The number of pyridine rings is 1. The third kappa shape index (κ3) is 3.64. The van der Waals surface area contributed by atoms with E-state index in [0.29, 0.717) is 5.75 Å². The van der Waals surface area contributed by atoms with Crippen molar-refractivity contribution in [2.45, 2.75) is 13.3 Å². The van der Waals surface area contributed by atoms with Crippen LogP contribution in [0.15, 0.2) is 36.7 Å². The maximum absolute atomic E-state index is 13.0. The quantitative estimate of drug-likeness (QED) is 0.887. The monoisotopic (exact) mass is 264 g/mol. The van der Waals surface area contributed by atoms with Crippen molar-refractivity contribution in [3.05, 3.63) is 48.3 Å². The van der Waals surface area contributed by atoms with Crippen LogP contribution < -0.4 is 10.1 Å². The lowest BCUT2D eigenvalue weighted by atomic mass is 10.3. The topological polar surface area (TPSA) is 34.2 Å². The van der Waals surface area contributed by atoms with Crippen molar-refractivity contribution in [1.29, 1.82) is 0 Å². The van der Waals surface area contributed by atoms with Crippen molar-refractivity contribution in [2.75, 3.05) is 11.9 Å². The summed E-state index contributed by atoms with van der Waals surface area (Å²) in [6, 6.07) is 5.15. The Hall–Kier alpha value is -2.17. The first-order valence-electron chi connectivity index (χ1n) is 6.01. The van der Waals surface area contributed by atoms with Gasteiger partial charge in [-0.2, -0.15) is 0 Å². The Morgan fingerprint density at radius 3 is 2.68 bits per heavy atom. The molecule has 0 unspecified atom stereocenters. The van der Waals surface area contributed by atoms with Gasteiger partial charge in [-0.05, 0) is 18.6 Å². The van der Waals surface area contributed by atoms with Crippen LogP contribution in [0.4, 0.5) is 14.5 Å². The number of nitrogens with one attached hydrogen (secondary N) is 1. The number of aromatic nitrogens is 1. The number of hydrogen-bond donors (Lipinski definition) is 1. The molecule has 0 saturated carbocycles. The number of ether oxygens (including phenoxy) is 1. The fourth-order valence-corrected chi connectivity index (χ4v) is 1.52. The second kappa shape index (κ2) is 6.13. The highest BCUT2D eigenvalue weighted by Crippen LogP contribution is 2.24. The van der Waals surface area contributed by atoms with Crippen LogP contribution in [0.3, 0.4) is 0 Å². The summed E-state index contributed by atoms with van der Waals surface area (Å²) in [6.45, 7) is 2.89. The predicted octanol–water partition coefficient (Wildman–Crippen LogP) is 3.97. The van der Waals surface area contributed by atoms with Gasteiger partial charge in [0.2, 0.25) is 0 Å². The normalized spacial score (nSPS) is 10.3. The third-order valence-electron chi connectivity index (χ3n) is 2.42. The predicted molar refractivity (Wildman–Crippen MR) is 69.4 cm³/mol. The first-order chi connectivity index (χ1) is 9.19. The van der Waals surface area contributed by atoms with E-state index in [-0.39, 0.29) is 5.75 Å². The van der Waals surface area contributed by atoms with Gasteiger partial charge in [-0.1, -0.05) is 6.92 Å². The zero-order valence-electron chi connectivity index (χ0n) is 10.5. The second-order valence-corrected chi connectivity index (χ2v) is 4.01. The SMILES string of the molecule is CCCNc1cncc(Oc2ccc(F)c(F)c2)c1. The molecule has 0 atom stereocenters. The average molecular weight is 264 g/mol. The molecule has 0 amide bonds. The van der Waals surface area contributed by atoms with Crippen LogP contribution in [0, 0.1) is 11.6 Å². The van der Waals surface area contributed by atoms with Crippen molar-refractivity contribution in [1.82, 2.24) is 4.98 Å². The van der Waals surface area contributed by atoms with Gasteiger partial charge in [-0.15, -0.1) is 0 Å².